The lowest BCUT2D eigenvalue weighted by Gasteiger charge is -2.29. The number of fused-ring (bicyclic) bond motifs is 1. The number of benzene rings is 2. The van der Waals surface area contributed by atoms with E-state index in [9.17, 15) is 14.9 Å². The Balaban J connectivity index is 1.57. The molecule has 0 atom stereocenters. The van der Waals surface area contributed by atoms with E-state index in [-0.39, 0.29) is 17.3 Å². The third kappa shape index (κ3) is 3.90. The number of hydrogen-bond acceptors (Lipinski definition) is 7. The van der Waals surface area contributed by atoms with Crippen molar-refractivity contribution >= 4 is 23.2 Å². The number of aromatic nitrogens is 2. The van der Waals surface area contributed by atoms with Crippen LogP contribution in [0.5, 0.6) is 0 Å². The van der Waals surface area contributed by atoms with Crippen LogP contribution in [0.2, 0.25) is 0 Å². The molecule has 0 spiro atoms. The first kappa shape index (κ1) is 19.3. The van der Waals surface area contributed by atoms with Gasteiger partial charge in [-0.2, -0.15) is 0 Å². The molecule has 1 amide bonds. The molecule has 152 valence electrons. The number of anilines is 2. The highest BCUT2D eigenvalue weighted by Crippen LogP contribution is 2.34. The molecule has 1 aliphatic heterocycles. The number of hydrazine groups is 1. The predicted octanol–water partition coefficient (Wildman–Crippen LogP) is 3.01. The minimum atomic E-state index is -0.532. The standard InChI is InChI=1S/C21H20N6O3/c1-14-6-8-16(9-7-14)21(28)25-24-19-18(27(29)30)20(23-13-22-19)26-11-10-15-4-2-3-5-17(15)12-26/h2-9,13H,10-12H2,1H3,(H,25,28)(H,22,23,24). The molecule has 9 nitrogen and oxygen atoms in total. The Labute approximate surface area is 172 Å². The molecule has 0 bridgehead atoms. The molecule has 30 heavy (non-hydrogen) atoms. The number of nitrogens with one attached hydrogen (secondary N) is 2. The van der Waals surface area contributed by atoms with Crippen molar-refractivity contribution in [3.8, 4) is 0 Å². The largest absolute Gasteiger partial charge is 0.355 e. The summed E-state index contributed by atoms with van der Waals surface area (Å²) in [5.41, 5.74) is 8.58. The fourth-order valence-corrected chi connectivity index (χ4v) is 3.43. The van der Waals surface area contributed by atoms with Crippen molar-refractivity contribution < 1.29 is 9.72 Å². The zero-order valence-electron chi connectivity index (χ0n) is 16.3. The Morgan fingerprint density at radius 1 is 1.10 bits per heavy atom. The summed E-state index contributed by atoms with van der Waals surface area (Å²) in [6.07, 6.45) is 2.02. The van der Waals surface area contributed by atoms with Crippen LogP contribution in [0.25, 0.3) is 0 Å². The number of nitrogens with zero attached hydrogens (tertiary/aromatic N) is 4. The van der Waals surface area contributed by atoms with E-state index in [1.165, 1.54) is 11.9 Å². The number of hydrogen-bond donors (Lipinski definition) is 2. The van der Waals surface area contributed by atoms with Crippen LogP contribution in [0.15, 0.2) is 54.9 Å². The van der Waals surface area contributed by atoms with Gasteiger partial charge in [-0.05, 0) is 36.6 Å². The molecule has 3 aromatic rings. The van der Waals surface area contributed by atoms with Gasteiger partial charge in [-0.3, -0.25) is 25.8 Å². The third-order valence-electron chi connectivity index (χ3n) is 5.02. The number of amides is 1. The first-order valence-electron chi connectivity index (χ1n) is 9.47. The van der Waals surface area contributed by atoms with Crippen LogP contribution in [0.1, 0.15) is 27.0 Å². The van der Waals surface area contributed by atoms with Crippen LogP contribution < -0.4 is 15.8 Å². The molecular formula is C21H20N6O3. The van der Waals surface area contributed by atoms with Gasteiger partial charge in [0, 0.05) is 18.7 Å². The second-order valence-corrected chi connectivity index (χ2v) is 7.04. The molecule has 2 N–H and O–H groups in total. The van der Waals surface area contributed by atoms with Crippen molar-refractivity contribution in [3.05, 3.63) is 87.2 Å². The Bertz CT molecular complexity index is 1100. The number of nitro groups is 1. The van der Waals surface area contributed by atoms with Crippen molar-refractivity contribution in [2.45, 2.75) is 19.9 Å². The van der Waals surface area contributed by atoms with E-state index in [2.05, 4.69) is 26.9 Å². The van der Waals surface area contributed by atoms with Crippen LogP contribution in [-0.4, -0.2) is 27.3 Å². The number of carbonyl (C=O) groups is 1. The Hall–Kier alpha value is -4.01. The molecule has 0 aliphatic carbocycles. The molecule has 1 aliphatic rings. The van der Waals surface area contributed by atoms with E-state index < -0.39 is 10.8 Å². The molecule has 0 fully saturated rings. The van der Waals surface area contributed by atoms with Crippen LogP contribution >= 0.6 is 0 Å². The molecule has 9 heteroatoms. The maximum Gasteiger partial charge on any atom is 0.355 e. The summed E-state index contributed by atoms with van der Waals surface area (Å²) >= 11 is 0. The van der Waals surface area contributed by atoms with Crippen molar-refractivity contribution in [3.63, 3.8) is 0 Å². The molecule has 4 rings (SSSR count). The summed E-state index contributed by atoms with van der Waals surface area (Å²) in [5, 5.41) is 11.8. The van der Waals surface area contributed by atoms with Crippen molar-refractivity contribution in [2.75, 3.05) is 16.9 Å². The van der Waals surface area contributed by atoms with Crippen molar-refractivity contribution in [2.24, 2.45) is 0 Å². The third-order valence-corrected chi connectivity index (χ3v) is 5.02. The lowest BCUT2D eigenvalue weighted by molar-refractivity contribution is -0.383. The number of rotatable bonds is 5. The van der Waals surface area contributed by atoms with Gasteiger partial charge in [-0.15, -0.1) is 0 Å². The van der Waals surface area contributed by atoms with Gasteiger partial charge in [0.05, 0.1) is 4.92 Å². The van der Waals surface area contributed by atoms with Crippen molar-refractivity contribution in [1.82, 2.24) is 15.4 Å². The average molecular weight is 404 g/mol. The summed E-state index contributed by atoms with van der Waals surface area (Å²) in [7, 11) is 0. The Morgan fingerprint density at radius 2 is 1.83 bits per heavy atom. The van der Waals surface area contributed by atoms with Gasteiger partial charge in [-0.1, -0.05) is 42.0 Å². The SMILES string of the molecule is Cc1ccc(C(=O)NNc2ncnc(N3CCc4ccccc4C3)c2[N+](=O)[O-])cc1. The highest BCUT2D eigenvalue weighted by molar-refractivity contribution is 5.95. The van der Waals surface area contributed by atoms with Gasteiger partial charge < -0.3 is 4.90 Å². The molecule has 1 aromatic heterocycles. The van der Waals surface area contributed by atoms with Gasteiger partial charge in [0.2, 0.25) is 11.6 Å². The van der Waals surface area contributed by atoms with E-state index in [4.69, 9.17) is 0 Å². The molecule has 0 unspecified atom stereocenters. The maximum atomic E-state index is 12.3. The first-order chi connectivity index (χ1) is 14.5. The smallest absolute Gasteiger partial charge is 0.346 e. The highest BCUT2D eigenvalue weighted by Gasteiger charge is 2.29. The summed E-state index contributed by atoms with van der Waals surface area (Å²) < 4.78 is 0. The zero-order valence-corrected chi connectivity index (χ0v) is 16.3. The minimum Gasteiger partial charge on any atom is -0.346 e. The second kappa shape index (κ2) is 8.16. The molecule has 0 radical (unpaired) electrons. The number of aryl methyl sites for hydroxylation is 1. The van der Waals surface area contributed by atoms with Crippen LogP contribution in [0.4, 0.5) is 17.3 Å². The topological polar surface area (TPSA) is 113 Å². The highest BCUT2D eigenvalue weighted by atomic mass is 16.6. The monoisotopic (exact) mass is 404 g/mol. The number of carbonyl (C=O) groups excluding carboxylic acids is 1. The summed E-state index contributed by atoms with van der Waals surface area (Å²) in [6, 6.07) is 15.0. The summed E-state index contributed by atoms with van der Waals surface area (Å²) in [6.45, 7) is 3.04. The van der Waals surface area contributed by atoms with Gasteiger partial charge in [0.25, 0.3) is 5.91 Å². The minimum absolute atomic E-state index is 0.0654. The maximum absolute atomic E-state index is 12.3. The van der Waals surface area contributed by atoms with Gasteiger partial charge in [0.1, 0.15) is 6.33 Å². The van der Waals surface area contributed by atoms with E-state index in [0.717, 1.165) is 17.5 Å². The average Bonchev–Trinajstić information content (AvgIpc) is 2.77. The fraction of sp³-hybridized carbons (Fsp3) is 0.190. The van der Waals surface area contributed by atoms with Crippen LogP contribution in [0, 0.1) is 17.0 Å². The molecule has 0 saturated heterocycles. The van der Waals surface area contributed by atoms with E-state index in [1.807, 2.05) is 42.2 Å². The normalized spacial score (nSPS) is 12.8. The summed E-state index contributed by atoms with van der Waals surface area (Å²) in [5.74, 6) is -0.266. The van der Waals surface area contributed by atoms with Crippen LogP contribution in [0.3, 0.4) is 0 Å². The zero-order chi connectivity index (χ0) is 21.1. The van der Waals surface area contributed by atoms with Gasteiger partial charge in [0.15, 0.2) is 0 Å². The summed E-state index contributed by atoms with van der Waals surface area (Å²) in [4.78, 5) is 33.6. The predicted molar refractivity (Wildman–Crippen MR) is 112 cm³/mol. The van der Waals surface area contributed by atoms with E-state index in [1.54, 1.807) is 12.1 Å². The van der Waals surface area contributed by atoms with E-state index >= 15 is 0 Å². The molecule has 2 aromatic carbocycles. The van der Waals surface area contributed by atoms with Crippen LogP contribution in [-0.2, 0) is 13.0 Å². The van der Waals surface area contributed by atoms with Gasteiger partial charge in [-0.25, -0.2) is 9.97 Å². The van der Waals surface area contributed by atoms with Gasteiger partial charge >= 0.3 is 5.69 Å². The van der Waals surface area contributed by atoms with Crippen molar-refractivity contribution in [1.29, 1.82) is 0 Å². The second-order valence-electron chi connectivity index (χ2n) is 7.04. The molecule has 2 heterocycles. The Morgan fingerprint density at radius 3 is 2.57 bits per heavy atom. The quantitative estimate of drug-likeness (QED) is 0.496. The first-order valence-corrected chi connectivity index (χ1v) is 9.47. The van der Waals surface area contributed by atoms with E-state index in [0.29, 0.717) is 18.7 Å². The Kier molecular flexibility index (Phi) is 5.25. The lowest BCUT2D eigenvalue weighted by atomic mass is 10.00. The lowest BCUT2D eigenvalue weighted by Crippen LogP contribution is -2.33. The molecular weight excluding hydrogens is 384 g/mol. The molecule has 0 saturated carbocycles. The fourth-order valence-electron chi connectivity index (χ4n) is 3.43.